The van der Waals surface area contributed by atoms with Crippen LogP contribution >= 0.6 is 23.2 Å². The Morgan fingerprint density at radius 2 is 1.64 bits per heavy atom. The van der Waals surface area contributed by atoms with Crippen molar-refractivity contribution in [2.75, 3.05) is 0 Å². The molecule has 4 rings (SSSR count). The molecule has 10 heteroatoms. The van der Waals surface area contributed by atoms with E-state index < -0.39 is 40.9 Å². The van der Waals surface area contributed by atoms with Gasteiger partial charge in [0.1, 0.15) is 5.75 Å². The van der Waals surface area contributed by atoms with E-state index in [0.29, 0.717) is 21.9 Å². The molecule has 3 amide bonds. The number of amides is 3. The maximum atomic E-state index is 13.4. The lowest BCUT2D eigenvalue weighted by Gasteiger charge is -2.39. The lowest BCUT2D eigenvalue weighted by Crippen LogP contribution is -2.57. The van der Waals surface area contributed by atoms with Crippen LogP contribution in [0.4, 0.5) is 18.0 Å². The van der Waals surface area contributed by atoms with E-state index in [0.717, 1.165) is 23.8 Å². The molecule has 1 aliphatic rings. The van der Waals surface area contributed by atoms with Gasteiger partial charge in [-0.3, -0.25) is 10.1 Å². The van der Waals surface area contributed by atoms with E-state index in [-0.39, 0.29) is 5.03 Å². The van der Waals surface area contributed by atoms with E-state index in [1.165, 1.54) is 6.07 Å². The first kappa shape index (κ1) is 28.3. The van der Waals surface area contributed by atoms with Gasteiger partial charge in [-0.1, -0.05) is 77.3 Å². The van der Waals surface area contributed by atoms with Gasteiger partial charge in [0.2, 0.25) is 0 Å². The molecule has 0 heterocycles. The van der Waals surface area contributed by atoms with Crippen LogP contribution in [0.2, 0.25) is 5.02 Å². The summed E-state index contributed by atoms with van der Waals surface area (Å²) in [6, 6.07) is 16.7. The normalized spacial score (nSPS) is 19.0. The zero-order valence-corrected chi connectivity index (χ0v) is 22.3. The van der Waals surface area contributed by atoms with Gasteiger partial charge in [-0.25, -0.2) is 4.79 Å². The summed E-state index contributed by atoms with van der Waals surface area (Å²) in [6.45, 7) is 3.42. The second kappa shape index (κ2) is 11.2. The minimum Gasteiger partial charge on any atom is -0.479 e. The van der Waals surface area contributed by atoms with Gasteiger partial charge in [-0.2, -0.15) is 13.2 Å². The van der Waals surface area contributed by atoms with Crippen molar-refractivity contribution >= 4 is 35.1 Å². The number of urea groups is 1. The highest BCUT2D eigenvalue weighted by Gasteiger charge is 2.43. The number of hydrogen-bond acceptors (Lipinski definition) is 3. The largest absolute Gasteiger partial charge is 0.479 e. The van der Waals surface area contributed by atoms with Crippen molar-refractivity contribution in [1.29, 1.82) is 0 Å². The van der Waals surface area contributed by atoms with Crippen LogP contribution in [0, 0.1) is 0 Å². The summed E-state index contributed by atoms with van der Waals surface area (Å²) in [5, 5.41) is 5.34. The molecule has 2 atom stereocenters. The maximum absolute atomic E-state index is 13.4. The number of halogens is 5. The number of allylic oxidation sites excluding steroid dienone is 2. The van der Waals surface area contributed by atoms with Gasteiger partial charge in [0.05, 0.1) is 22.2 Å². The summed E-state index contributed by atoms with van der Waals surface area (Å²) in [5.41, 5.74) is -0.956. The molecular weight excluding hydrogens is 552 g/mol. The van der Waals surface area contributed by atoms with Crippen molar-refractivity contribution in [1.82, 2.24) is 10.6 Å². The van der Waals surface area contributed by atoms with Crippen LogP contribution in [-0.4, -0.2) is 23.6 Å². The molecule has 39 heavy (non-hydrogen) atoms. The maximum Gasteiger partial charge on any atom is 0.417 e. The molecule has 1 aliphatic carbocycles. The van der Waals surface area contributed by atoms with E-state index in [9.17, 15) is 22.8 Å². The second-order valence-electron chi connectivity index (χ2n) is 9.07. The van der Waals surface area contributed by atoms with E-state index in [1.807, 2.05) is 35.6 Å². The van der Waals surface area contributed by atoms with Gasteiger partial charge in [0.15, 0.2) is 5.60 Å². The number of benzene rings is 3. The summed E-state index contributed by atoms with van der Waals surface area (Å²) < 4.78 is 46.5. The Bertz CT molecular complexity index is 1470. The van der Waals surface area contributed by atoms with Crippen LogP contribution in [0.15, 0.2) is 95.6 Å². The first-order chi connectivity index (χ1) is 18.4. The van der Waals surface area contributed by atoms with Crippen molar-refractivity contribution < 1.29 is 27.5 Å². The third-order valence-corrected chi connectivity index (χ3v) is 6.91. The third kappa shape index (κ3) is 6.29. The lowest BCUT2D eigenvalue weighted by molar-refractivity contribution is -0.137. The van der Waals surface area contributed by atoms with E-state index in [1.54, 1.807) is 44.2 Å². The first-order valence-corrected chi connectivity index (χ1v) is 12.5. The predicted octanol–water partition coefficient (Wildman–Crippen LogP) is 7.75. The Morgan fingerprint density at radius 3 is 2.33 bits per heavy atom. The summed E-state index contributed by atoms with van der Waals surface area (Å²) in [6.07, 6.45) is -1.41. The zero-order chi connectivity index (χ0) is 28.4. The average molecular weight is 575 g/mol. The van der Waals surface area contributed by atoms with Gasteiger partial charge in [-0.15, -0.1) is 0 Å². The molecule has 0 saturated carbocycles. The number of ether oxygens (including phenoxy) is 1. The van der Waals surface area contributed by atoms with Crippen LogP contribution in [0.5, 0.6) is 5.75 Å². The van der Waals surface area contributed by atoms with Gasteiger partial charge in [0.25, 0.3) is 5.91 Å². The molecule has 3 aromatic carbocycles. The monoisotopic (exact) mass is 574 g/mol. The fourth-order valence-electron chi connectivity index (χ4n) is 4.19. The van der Waals surface area contributed by atoms with Crippen molar-refractivity contribution in [2.24, 2.45) is 0 Å². The third-order valence-electron chi connectivity index (χ3n) is 6.19. The van der Waals surface area contributed by atoms with Gasteiger partial charge < -0.3 is 10.1 Å². The number of imide groups is 1. The Morgan fingerprint density at radius 1 is 0.974 bits per heavy atom. The van der Waals surface area contributed by atoms with Crippen LogP contribution in [0.1, 0.15) is 29.8 Å². The molecular formula is C29H23Cl2F3N2O3. The Kier molecular flexibility index (Phi) is 8.09. The summed E-state index contributed by atoms with van der Waals surface area (Å²) in [4.78, 5) is 25.5. The number of carbonyl (C=O) groups excluding carboxylic acids is 2. The first-order valence-electron chi connectivity index (χ1n) is 11.8. The zero-order valence-electron chi connectivity index (χ0n) is 20.8. The summed E-state index contributed by atoms with van der Waals surface area (Å²) in [7, 11) is 0. The van der Waals surface area contributed by atoms with Gasteiger partial charge >= 0.3 is 12.2 Å². The minimum absolute atomic E-state index is 0.260. The van der Waals surface area contributed by atoms with E-state index in [4.69, 9.17) is 27.9 Å². The summed E-state index contributed by atoms with van der Waals surface area (Å²) in [5.74, 6) is -0.778. The van der Waals surface area contributed by atoms with Crippen LogP contribution < -0.4 is 15.4 Å². The standard InChI is InChI=1S/C29H23Cl2F3N2O3/c1-17-14-24(31)28(2,39-23-13-12-19(30)16-21(23)18-8-4-3-5-9-18)25(15-17)35-27(38)36-26(37)20-10-6-7-11-22(20)29(32,33)34/h3-16,25H,1-2H3,(H2,35,36,37,38). The highest BCUT2D eigenvalue weighted by molar-refractivity contribution is 6.31. The smallest absolute Gasteiger partial charge is 0.417 e. The Labute approximate surface area is 233 Å². The number of nitrogens with one attached hydrogen (secondary N) is 2. The SMILES string of the molecule is CC1=CC(NC(=O)NC(=O)c2ccccc2C(F)(F)F)C(C)(Oc2ccc(Cl)cc2-c2ccccc2)C(Cl)=C1. The van der Waals surface area contributed by atoms with Gasteiger partial charge in [0, 0.05) is 10.6 Å². The number of alkyl halides is 3. The lowest BCUT2D eigenvalue weighted by atomic mass is 9.88. The Hall–Kier alpha value is -3.75. The highest BCUT2D eigenvalue weighted by atomic mass is 35.5. The topological polar surface area (TPSA) is 67.4 Å². The van der Waals surface area contributed by atoms with E-state index in [2.05, 4.69) is 5.32 Å². The fraction of sp³-hybridized carbons (Fsp3) is 0.172. The van der Waals surface area contributed by atoms with Gasteiger partial charge in [-0.05, 0) is 55.8 Å². The molecule has 5 nitrogen and oxygen atoms in total. The molecule has 0 fully saturated rings. The van der Waals surface area contributed by atoms with E-state index >= 15 is 0 Å². The van der Waals surface area contributed by atoms with Crippen LogP contribution in [0.25, 0.3) is 11.1 Å². The molecule has 2 N–H and O–H groups in total. The molecule has 0 bridgehead atoms. The molecule has 2 unspecified atom stereocenters. The molecule has 202 valence electrons. The fourth-order valence-corrected chi connectivity index (χ4v) is 4.69. The van der Waals surface area contributed by atoms with Crippen molar-refractivity contribution in [2.45, 2.75) is 31.7 Å². The quantitative estimate of drug-likeness (QED) is 0.327. The highest BCUT2D eigenvalue weighted by Crippen LogP contribution is 2.40. The number of carbonyl (C=O) groups is 2. The molecule has 0 saturated heterocycles. The minimum atomic E-state index is -4.77. The average Bonchev–Trinajstić information content (AvgIpc) is 2.88. The van der Waals surface area contributed by atoms with Crippen molar-refractivity contribution in [3.05, 3.63) is 112 Å². The predicted molar refractivity (Wildman–Crippen MR) is 145 cm³/mol. The molecule has 0 aliphatic heterocycles. The molecule has 0 spiro atoms. The Balaban J connectivity index is 1.61. The molecule has 3 aromatic rings. The van der Waals surface area contributed by atoms with Crippen molar-refractivity contribution in [3.8, 4) is 16.9 Å². The van der Waals surface area contributed by atoms with Crippen molar-refractivity contribution in [3.63, 3.8) is 0 Å². The van der Waals surface area contributed by atoms with Crippen LogP contribution in [0.3, 0.4) is 0 Å². The summed E-state index contributed by atoms with van der Waals surface area (Å²) >= 11 is 12.9. The number of hydrogen-bond donors (Lipinski definition) is 2. The molecule has 0 radical (unpaired) electrons. The molecule has 0 aromatic heterocycles. The number of rotatable bonds is 5. The second-order valence-corrected chi connectivity index (χ2v) is 9.91. The van der Waals surface area contributed by atoms with Crippen LogP contribution in [-0.2, 0) is 6.18 Å².